The number of nitrogens with one attached hydrogen (secondary N) is 2. The molecule has 36 valence electrons. The second-order valence-electron chi connectivity index (χ2n) is 0.193. The molecule has 0 atom stereocenters. The summed E-state index contributed by atoms with van der Waals surface area (Å²) in [7, 11) is 0. The first kappa shape index (κ1) is 15.9. The van der Waals surface area contributed by atoms with Gasteiger partial charge in [0.1, 0.15) is 11.1 Å². The van der Waals surface area contributed by atoms with Crippen LogP contribution in [0.1, 0.15) is 0 Å². The van der Waals surface area contributed by atoms with Crippen molar-refractivity contribution in [3.63, 3.8) is 0 Å². The van der Waals surface area contributed by atoms with Crippen LogP contribution in [0.3, 0.4) is 0 Å². The van der Waals surface area contributed by atoms with Crippen LogP contribution in [0.4, 0.5) is 0 Å². The molecule has 0 fully saturated rings. The summed E-state index contributed by atoms with van der Waals surface area (Å²) in [5.41, 5.74) is 11.0. The van der Waals surface area contributed by atoms with Crippen molar-refractivity contribution >= 4 is 29.6 Å². The fraction of sp³-hybridized carbons (Fsp3) is 0. The average molecular weight is 115 g/mol. The topological polar surface area (TPSA) is 111 Å². The van der Waals surface area contributed by atoms with E-state index in [-0.39, 0.29) is 29.6 Å². The van der Waals surface area contributed by atoms with E-state index >= 15 is 0 Å². The van der Waals surface area contributed by atoms with Gasteiger partial charge in [-0.1, -0.05) is 0 Å². The molecular weight excluding hydrogens is 111 g/mol. The second-order valence-corrected chi connectivity index (χ2v) is 0.193. The molecule has 3 N–H and O–H groups in total. The third kappa shape index (κ3) is 935. The van der Waals surface area contributed by atoms with Gasteiger partial charge in [-0.2, -0.15) is 0 Å². The zero-order valence-electron chi connectivity index (χ0n) is 2.75. The van der Waals surface area contributed by atoms with E-state index in [0.717, 1.165) is 0 Å². The van der Waals surface area contributed by atoms with E-state index in [1.165, 1.54) is 5.34 Å². The third-order valence-electron chi connectivity index (χ3n) is 0. The molecule has 0 aliphatic heterocycles. The van der Waals surface area contributed by atoms with Gasteiger partial charge in [0.25, 0.3) is 0 Å². The summed E-state index contributed by atoms with van der Waals surface area (Å²) in [6.45, 7) is 0. The number of nitrogens with zero attached hydrogens (tertiary/aromatic N) is 2. The maximum atomic E-state index is 8.11. The molecular formula is H4N4NaO2+. The van der Waals surface area contributed by atoms with E-state index in [4.69, 9.17) is 21.2 Å². The first-order valence-corrected chi connectivity index (χ1v) is 0.830. The molecule has 0 radical (unpaired) electrons. The SMILES string of the molecule is N=[N+]=N.O=NO.[NaH]. The molecule has 0 aromatic carbocycles. The van der Waals surface area contributed by atoms with Gasteiger partial charge in [-0.25, -0.2) is 0 Å². The van der Waals surface area contributed by atoms with Gasteiger partial charge < -0.3 is 5.21 Å². The minimum absolute atomic E-state index is 0. The molecule has 0 aliphatic carbocycles. The van der Waals surface area contributed by atoms with E-state index in [1.807, 2.05) is 4.91 Å². The van der Waals surface area contributed by atoms with Gasteiger partial charge in [0.2, 0.25) is 4.91 Å². The Balaban J connectivity index is -0.0000000400. The predicted molar refractivity (Wildman–Crippen MR) is 22.3 cm³/mol. The molecule has 0 aromatic rings. The third-order valence-corrected chi connectivity index (χ3v) is 0. The van der Waals surface area contributed by atoms with Crippen molar-refractivity contribution in [2.24, 2.45) is 5.34 Å². The molecule has 0 aromatic heterocycles. The van der Waals surface area contributed by atoms with Gasteiger partial charge in [0, 0.05) is 0 Å². The zero-order valence-corrected chi connectivity index (χ0v) is 2.75. The summed E-state index contributed by atoms with van der Waals surface area (Å²) in [6.07, 6.45) is 0. The van der Waals surface area contributed by atoms with E-state index in [9.17, 15) is 0 Å². The molecule has 0 bridgehead atoms. The van der Waals surface area contributed by atoms with Crippen molar-refractivity contribution in [2.45, 2.75) is 0 Å². The fourth-order valence-electron chi connectivity index (χ4n) is 0. The van der Waals surface area contributed by atoms with Gasteiger partial charge in [0.15, 0.2) is 5.34 Å². The fourth-order valence-corrected chi connectivity index (χ4v) is 0. The standard InChI is InChI=1S/H2N3.HNO2.Na.H/c1-3-2;2-1-3;;/h1-2H;(H,2,3);;/q+1;;;. The Hall–Kier alpha value is -0.290. The molecule has 0 aliphatic rings. The molecule has 7 heavy (non-hydrogen) atoms. The molecule has 0 unspecified atom stereocenters. The Morgan fingerprint density at radius 1 is 1.57 bits per heavy atom. The van der Waals surface area contributed by atoms with Crippen LogP contribution in [0.2, 0.25) is 0 Å². The monoisotopic (exact) mass is 115 g/mol. The van der Waals surface area contributed by atoms with Crippen LogP contribution in [-0.4, -0.2) is 34.8 Å². The number of rotatable bonds is 0. The summed E-state index contributed by atoms with van der Waals surface area (Å²) >= 11 is 0. The van der Waals surface area contributed by atoms with Crippen LogP contribution in [0.25, 0.3) is 0 Å². The first-order valence-electron chi connectivity index (χ1n) is 0.830. The van der Waals surface area contributed by atoms with Crippen LogP contribution in [0.15, 0.2) is 5.34 Å². The Kier molecular flexibility index (Phi) is 98.4. The van der Waals surface area contributed by atoms with Crippen LogP contribution < -0.4 is 4.91 Å². The summed E-state index contributed by atoms with van der Waals surface area (Å²) in [6, 6.07) is 0. The van der Waals surface area contributed by atoms with E-state index < -0.39 is 0 Å². The van der Waals surface area contributed by atoms with Crippen LogP contribution >= 0.6 is 0 Å². The Bertz CT molecular complexity index is 54.7. The first-order chi connectivity index (χ1) is 2.83. The molecule has 0 saturated heterocycles. The Labute approximate surface area is 61.2 Å². The maximum absolute atomic E-state index is 8.11. The quantitative estimate of drug-likeness (QED) is 0.131. The minimum atomic E-state index is 0. The van der Waals surface area contributed by atoms with Gasteiger partial charge >= 0.3 is 29.6 Å². The van der Waals surface area contributed by atoms with Crippen molar-refractivity contribution in [3.8, 4) is 0 Å². The molecule has 0 amide bonds. The number of hydrogen-bond donors (Lipinski definition) is 3. The zero-order chi connectivity index (χ0) is 5.41. The molecule has 0 spiro atoms. The number of hydrogen-bond acceptors (Lipinski definition) is 4. The molecule has 7 heteroatoms. The normalized spacial score (nSPS) is 2.86. The van der Waals surface area contributed by atoms with Crippen LogP contribution in [-0.2, 0) is 0 Å². The predicted octanol–water partition coefficient (Wildman–Crippen LogP) is -0.391. The van der Waals surface area contributed by atoms with E-state index in [2.05, 4.69) is 0 Å². The second kappa shape index (κ2) is 43.3. The van der Waals surface area contributed by atoms with Gasteiger partial charge in [-0.05, 0) is 0 Å². The van der Waals surface area contributed by atoms with Crippen molar-refractivity contribution < 1.29 is 5.21 Å². The summed E-state index contributed by atoms with van der Waals surface area (Å²) in [5, 5.41) is 7.89. The van der Waals surface area contributed by atoms with Gasteiger partial charge in [-0.15, -0.1) is 4.91 Å². The van der Waals surface area contributed by atoms with E-state index in [1.54, 1.807) is 0 Å². The van der Waals surface area contributed by atoms with Crippen molar-refractivity contribution in [1.82, 2.24) is 4.91 Å². The van der Waals surface area contributed by atoms with Crippen molar-refractivity contribution in [1.29, 1.82) is 11.1 Å². The van der Waals surface area contributed by atoms with Crippen molar-refractivity contribution in [2.75, 3.05) is 0 Å². The molecule has 6 nitrogen and oxygen atoms in total. The van der Waals surface area contributed by atoms with Crippen molar-refractivity contribution in [3.05, 3.63) is 4.91 Å². The average Bonchev–Trinajstić information content (AvgIpc) is 1.39. The molecule has 0 saturated carbocycles. The van der Waals surface area contributed by atoms with Crippen LogP contribution in [0.5, 0.6) is 0 Å². The Morgan fingerprint density at radius 3 is 1.57 bits per heavy atom. The summed E-state index contributed by atoms with van der Waals surface area (Å²) < 4.78 is 0. The van der Waals surface area contributed by atoms with Crippen LogP contribution in [0, 0.1) is 16.0 Å². The summed E-state index contributed by atoms with van der Waals surface area (Å²) in [4.78, 5) is 10.1. The molecule has 0 heterocycles. The van der Waals surface area contributed by atoms with Gasteiger partial charge in [0.05, 0.1) is 0 Å². The van der Waals surface area contributed by atoms with Gasteiger partial charge in [-0.3, -0.25) is 0 Å². The summed E-state index contributed by atoms with van der Waals surface area (Å²) in [5.74, 6) is 0. The molecule has 0 rings (SSSR count). The van der Waals surface area contributed by atoms with E-state index in [0.29, 0.717) is 0 Å². The Morgan fingerprint density at radius 2 is 1.57 bits per heavy atom.